The summed E-state index contributed by atoms with van der Waals surface area (Å²) in [5.74, 6) is 0.195. The summed E-state index contributed by atoms with van der Waals surface area (Å²) < 4.78 is 5.74. The monoisotopic (exact) mass is 415 g/mol. The highest BCUT2D eigenvalue weighted by molar-refractivity contribution is 5.82. The molecule has 1 atom stereocenters. The fraction of sp³-hybridized carbons (Fsp3) is 0.593. The average molecular weight is 416 g/mol. The number of ketones is 1. The number of unbranched alkanes of at least 4 members (excludes halogenated alkanes) is 2. The lowest BCUT2D eigenvalue weighted by Gasteiger charge is -2.14. The molecule has 0 aromatic carbocycles. The Balaban J connectivity index is 3.60. The Labute approximate surface area is 185 Å². The van der Waals surface area contributed by atoms with Gasteiger partial charge in [0.1, 0.15) is 6.10 Å². The molecule has 0 aromatic rings. The van der Waals surface area contributed by atoms with Crippen LogP contribution in [-0.4, -0.2) is 25.0 Å². The van der Waals surface area contributed by atoms with Gasteiger partial charge in [0.05, 0.1) is 0 Å². The molecule has 170 valence electrons. The van der Waals surface area contributed by atoms with E-state index in [0.717, 1.165) is 64.2 Å². The second-order valence-corrected chi connectivity index (χ2v) is 7.33. The Morgan fingerprint density at radius 1 is 0.767 bits per heavy atom. The molecular formula is C27H45NO2. The first-order valence-corrected chi connectivity index (χ1v) is 11.9. The molecule has 0 heterocycles. The Morgan fingerprint density at radius 3 is 1.80 bits per heavy atom. The van der Waals surface area contributed by atoms with E-state index < -0.39 is 0 Å². The molecule has 0 aliphatic heterocycles. The minimum absolute atomic E-state index is 0.195. The molecule has 0 rings (SSSR count). The Kier molecular flexibility index (Phi) is 22.2. The third-order valence-electron chi connectivity index (χ3n) is 4.60. The average Bonchev–Trinajstić information content (AvgIpc) is 2.76. The van der Waals surface area contributed by atoms with Crippen LogP contribution >= 0.6 is 0 Å². The van der Waals surface area contributed by atoms with Crippen molar-refractivity contribution in [3.05, 3.63) is 60.8 Å². The van der Waals surface area contributed by atoms with Gasteiger partial charge in [-0.3, -0.25) is 4.79 Å². The van der Waals surface area contributed by atoms with E-state index in [9.17, 15) is 4.79 Å². The molecule has 0 aliphatic carbocycles. The minimum atomic E-state index is -0.245. The topological polar surface area (TPSA) is 52.3 Å². The fourth-order valence-electron chi connectivity index (χ4n) is 2.83. The molecule has 0 amide bonds. The zero-order valence-corrected chi connectivity index (χ0v) is 19.4. The SMILES string of the molecule is CC/C=C\C/C=C\C/C=C\C/C=C\C/C=C\CCCCOC(CC)C(=O)CCCN. The molecule has 0 saturated carbocycles. The van der Waals surface area contributed by atoms with E-state index in [1.807, 2.05) is 6.92 Å². The Morgan fingerprint density at radius 2 is 1.30 bits per heavy atom. The molecule has 1 unspecified atom stereocenters. The van der Waals surface area contributed by atoms with Crippen LogP contribution in [0.3, 0.4) is 0 Å². The second-order valence-electron chi connectivity index (χ2n) is 7.33. The smallest absolute Gasteiger partial charge is 0.161 e. The number of Topliss-reactive ketones (excluding diaryl/α,β-unsaturated/α-hetero) is 1. The molecule has 0 radical (unpaired) electrons. The van der Waals surface area contributed by atoms with Gasteiger partial charge in [-0.1, -0.05) is 74.6 Å². The highest BCUT2D eigenvalue weighted by Crippen LogP contribution is 2.07. The zero-order valence-electron chi connectivity index (χ0n) is 19.4. The predicted octanol–water partition coefficient (Wildman–Crippen LogP) is 7.01. The normalized spacial score (nSPS) is 13.7. The highest BCUT2D eigenvalue weighted by atomic mass is 16.5. The van der Waals surface area contributed by atoms with Crippen molar-refractivity contribution in [2.24, 2.45) is 5.73 Å². The van der Waals surface area contributed by atoms with Gasteiger partial charge in [0.15, 0.2) is 5.78 Å². The van der Waals surface area contributed by atoms with E-state index in [1.165, 1.54) is 0 Å². The first-order chi connectivity index (χ1) is 14.8. The van der Waals surface area contributed by atoms with Crippen molar-refractivity contribution in [3.8, 4) is 0 Å². The maximum atomic E-state index is 11.9. The van der Waals surface area contributed by atoms with E-state index in [-0.39, 0.29) is 11.9 Å². The maximum absolute atomic E-state index is 11.9. The summed E-state index contributed by atoms with van der Waals surface area (Å²) in [7, 11) is 0. The van der Waals surface area contributed by atoms with Crippen LogP contribution in [-0.2, 0) is 9.53 Å². The molecule has 0 spiro atoms. The maximum Gasteiger partial charge on any atom is 0.161 e. The van der Waals surface area contributed by atoms with Crippen molar-refractivity contribution in [3.63, 3.8) is 0 Å². The van der Waals surface area contributed by atoms with Crippen LogP contribution < -0.4 is 5.73 Å². The number of hydrogen-bond donors (Lipinski definition) is 1. The first kappa shape index (κ1) is 28.3. The zero-order chi connectivity index (χ0) is 22.1. The summed E-state index contributed by atoms with van der Waals surface area (Å²) in [5, 5.41) is 0. The molecule has 0 saturated heterocycles. The fourth-order valence-corrected chi connectivity index (χ4v) is 2.83. The van der Waals surface area contributed by atoms with Gasteiger partial charge >= 0.3 is 0 Å². The number of carbonyl (C=O) groups is 1. The lowest BCUT2D eigenvalue weighted by Crippen LogP contribution is -2.24. The van der Waals surface area contributed by atoms with Gasteiger partial charge < -0.3 is 10.5 Å². The van der Waals surface area contributed by atoms with Crippen molar-refractivity contribution >= 4 is 5.78 Å². The van der Waals surface area contributed by atoms with Crippen molar-refractivity contribution in [2.75, 3.05) is 13.2 Å². The van der Waals surface area contributed by atoms with Gasteiger partial charge in [0.25, 0.3) is 0 Å². The van der Waals surface area contributed by atoms with Crippen molar-refractivity contribution < 1.29 is 9.53 Å². The summed E-state index contributed by atoms with van der Waals surface area (Å²) in [5.41, 5.74) is 5.46. The molecule has 30 heavy (non-hydrogen) atoms. The third-order valence-corrected chi connectivity index (χ3v) is 4.60. The lowest BCUT2D eigenvalue weighted by atomic mass is 10.1. The van der Waals surface area contributed by atoms with Crippen LogP contribution in [0.5, 0.6) is 0 Å². The van der Waals surface area contributed by atoms with E-state index in [1.54, 1.807) is 0 Å². The highest BCUT2D eigenvalue weighted by Gasteiger charge is 2.15. The molecule has 3 heteroatoms. The molecule has 3 nitrogen and oxygen atoms in total. The molecule has 0 aromatic heterocycles. The number of allylic oxidation sites excluding steroid dienone is 10. The van der Waals surface area contributed by atoms with E-state index in [4.69, 9.17) is 10.5 Å². The molecular weight excluding hydrogens is 370 g/mol. The summed E-state index contributed by atoms with van der Waals surface area (Å²) in [6.45, 7) is 5.39. The van der Waals surface area contributed by atoms with Gasteiger partial charge in [0, 0.05) is 13.0 Å². The van der Waals surface area contributed by atoms with Gasteiger partial charge in [-0.25, -0.2) is 0 Å². The van der Waals surface area contributed by atoms with Crippen LogP contribution in [0.1, 0.15) is 84.5 Å². The minimum Gasteiger partial charge on any atom is -0.370 e. The van der Waals surface area contributed by atoms with E-state index >= 15 is 0 Å². The van der Waals surface area contributed by atoms with Gasteiger partial charge in [-0.05, 0) is 70.8 Å². The van der Waals surface area contributed by atoms with Gasteiger partial charge in [0.2, 0.25) is 0 Å². The number of rotatable bonds is 20. The standard InChI is InChI=1S/C27H45NO2/c1-3-5-6-7-8-9-10-11-12-13-14-15-16-17-18-19-20-21-25-30-27(4-2)26(29)23-22-24-28/h5-6,8-9,11-12,14-15,17-18,27H,3-4,7,10,13,16,19-25,28H2,1-2H3/b6-5-,9-8-,12-11-,15-14-,18-17-. The number of nitrogens with two attached hydrogens (primary N) is 1. The lowest BCUT2D eigenvalue weighted by molar-refractivity contribution is -0.130. The molecule has 2 N–H and O–H groups in total. The summed E-state index contributed by atoms with van der Waals surface area (Å²) in [6, 6.07) is 0. The Hall–Kier alpha value is -1.71. The molecule has 0 aliphatic rings. The number of carbonyl (C=O) groups excluding carboxylic acids is 1. The predicted molar refractivity (Wildman–Crippen MR) is 132 cm³/mol. The third kappa shape index (κ3) is 19.6. The molecule has 0 fully saturated rings. The van der Waals surface area contributed by atoms with Crippen LogP contribution in [0, 0.1) is 0 Å². The number of hydrogen-bond acceptors (Lipinski definition) is 3. The van der Waals surface area contributed by atoms with Crippen LogP contribution in [0.4, 0.5) is 0 Å². The Bertz CT molecular complexity index is 529. The van der Waals surface area contributed by atoms with Gasteiger partial charge in [-0.15, -0.1) is 0 Å². The summed E-state index contributed by atoms with van der Waals surface area (Å²) in [4.78, 5) is 11.9. The van der Waals surface area contributed by atoms with Crippen LogP contribution in [0.2, 0.25) is 0 Å². The molecule has 0 bridgehead atoms. The summed E-state index contributed by atoms with van der Waals surface area (Å²) in [6.07, 6.45) is 32.3. The summed E-state index contributed by atoms with van der Waals surface area (Å²) >= 11 is 0. The van der Waals surface area contributed by atoms with Crippen molar-refractivity contribution in [2.45, 2.75) is 90.6 Å². The number of ether oxygens (including phenoxy) is 1. The quantitative estimate of drug-likeness (QED) is 0.172. The van der Waals surface area contributed by atoms with Crippen LogP contribution in [0.25, 0.3) is 0 Å². The largest absolute Gasteiger partial charge is 0.370 e. The second kappa shape index (κ2) is 23.6. The van der Waals surface area contributed by atoms with Crippen molar-refractivity contribution in [1.82, 2.24) is 0 Å². The van der Waals surface area contributed by atoms with E-state index in [2.05, 4.69) is 67.7 Å². The van der Waals surface area contributed by atoms with Gasteiger partial charge in [-0.2, -0.15) is 0 Å². The van der Waals surface area contributed by atoms with Crippen molar-refractivity contribution in [1.29, 1.82) is 0 Å². The first-order valence-electron chi connectivity index (χ1n) is 11.9. The van der Waals surface area contributed by atoms with Crippen LogP contribution in [0.15, 0.2) is 60.8 Å². The van der Waals surface area contributed by atoms with E-state index in [0.29, 0.717) is 19.6 Å².